The van der Waals surface area contributed by atoms with Crippen LogP contribution in [0.15, 0.2) is 78.9 Å². The normalized spacial score (nSPS) is 17.5. The van der Waals surface area contributed by atoms with Crippen LogP contribution in [-0.4, -0.2) is 24.6 Å². The molecule has 2 atom stereocenters. The molecule has 154 valence electrons. The van der Waals surface area contributed by atoms with Gasteiger partial charge in [0, 0.05) is 19.0 Å². The molecule has 0 fully saturated rings. The van der Waals surface area contributed by atoms with E-state index in [1.807, 2.05) is 30.4 Å². The number of hydrogen-bond acceptors (Lipinski definition) is 2. The highest BCUT2D eigenvalue weighted by Gasteiger charge is 2.30. The molecular weight excluding hydrogens is 375 g/mol. The Morgan fingerprint density at radius 3 is 2.38 bits per heavy atom. The van der Waals surface area contributed by atoms with Gasteiger partial charge in [-0.15, -0.1) is 0 Å². The maximum absolute atomic E-state index is 12.8. The lowest BCUT2D eigenvalue weighted by molar-refractivity contribution is -0.137. The van der Waals surface area contributed by atoms with Gasteiger partial charge in [0.15, 0.2) is 0 Å². The van der Waals surface area contributed by atoms with E-state index in [1.165, 1.54) is 17.7 Å². The van der Waals surface area contributed by atoms with Gasteiger partial charge in [-0.25, -0.2) is 0 Å². The molecule has 0 aromatic heterocycles. The Morgan fingerprint density at radius 1 is 1.03 bits per heavy atom. The van der Waals surface area contributed by atoms with E-state index in [2.05, 4.69) is 36.2 Å². The van der Waals surface area contributed by atoms with Gasteiger partial charge in [0.25, 0.3) is 0 Å². The number of alkyl halides is 3. The molecule has 0 aliphatic heterocycles. The molecule has 0 N–H and O–H groups in total. The molecule has 2 nitrogen and oxygen atoms in total. The standard InChI is InChI=1S/C24H26F3NO/c1-28(18-19-8-4-2-5-9-19)17-16-23(20-10-6-3-7-11-20)29-22-14-12-21(13-15-22)24(25,26)27/h2-10,12-15,20,23H,11,16-18H2,1H3. The van der Waals surface area contributed by atoms with Crippen molar-refractivity contribution in [3.8, 4) is 5.75 Å². The fourth-order valence-electron chi connectivity index (χ4n) is 3.45. The van der Waals surface area contributed by atoms with Crippen molar-refractivity contribution in [2.24, 2.45) is 5.92 Å². The van der Waals surface area contributed by atoms with Gasteiger partial charge in [-0.3, -0.25) is 0 Å². The average Bonchev–Trinajstić information content (AvgIpc) is 2.72. The second kappa shape index (κ2) is 9.79. The summed E-state index contributed by atoms with van der Waals surface area (Å²) in [4.78, 5) is 2.24. The number of ether oxygens (including phenoxy) is 1. The van der Waals surface area contributed by atoms with Gasteiger partial charge in [-0.2, -0.15) is 13.2 Å². The van der Waals surface area contributed by atoms with E-state index in [-0.39, 0.29) is 12.0 Å². The Kier molecular flexibility index (Phi) is 7.15. The van der Waals surface area contributed by atoms with Gasteiger partial charge >= 0.3 is 6.18 Å². The van der Waals surface area contributed by atoms with Gasteiger partial charge < -0.3 is 9.64 Å². The van der Waals surface area contributed by atoms with Crippen LogP contribution in [0.4, 0.5) is 13.2 Å². The second-order valence-electron chi connectivity index (χ2n) is 7.40. The van der Waals surface area contributed by atoms with Crippen molar-refractivity contribution in [2.45, 2.75) is 31.7 Å². The van der Waals surface area contributed by atoms with Crippen LogP contribution >= 0.6 is 0 Å². The highest BCUT2D eigenvalue weighted by molar-refractivity contribution is 5.29. The average molecular weight is 401 g/mol. The van der Waals surface area contributed by atoms with Crippen LogP contribution in [0.3, 0.4) is 0 Å². The molecule has 0 amide bonds. The summed E-state index contributed by atoms with van der Waals surface area (Å²) < 4.78 is 44.5. The van der Waals surface area contributed by atoms with E-state index in [9.17, 15) is 13.2 Å². The molecule has 29 heavy (non-hydrogen) atoms. The molecule has 2 aromatic rings. The smallest absolute Gasteiger partial charge is 0.416 e. The number of hydrogen-bond donors (Lipinski definition) is 0. The summed E-state index contributed by atoms with van der Waals surface area (Å²) in [6, 6.07) is 15.2. The van der Waals surface area contributed by atoms with Crippen LogP contribution in [0.5, 0.6) is 5.75 Å². The maximum atomic E-state index is 12.8. The minimum Gasteiger partial charge on any atom is -0.490 e. The summed E-state index contributed by atoms with van der Waals surface area (Å²) in [5, 5.41) is 0. The number of halogens is 3. The third kappa shape index (κ3) is 6.50. The summed E-state index contributed by atoms with van der Waals surface area (Å²) in [5.74, 6) is 0.670. The molecule has 0 bridgehead atoms. The Hall–Kier alpha value is -2.53. The van der Waals surface area contributed by atoms with Gasteiger partial charge in [0.05, 0.1) is 5.56 Å². The van der Waals surface area contributed by atoms with E-state index in [0.29, 0.717) is 5.75 Å². The molecule has 0 saturated carbocycles. The van der Waals surface area contributed by atoms with E-state index >= 15 is 0 Å². The zero-order valence-corrected chi connectivity index (χ0v) is 16.5. The van der Waals surface area contributed by atoms with Crippen LogP contribution in [0.2, 0.25) is 0 Å². The first-order valence-corrected chi connectivity index (χ1v) is 9.81. The highest BCUT2D eigenvalue weighted by Crippen LogP contribution is 2.31. The lowest BCUT2D eigenvalue weighted by Crippen LogP contribution is -2.31. The quantitative estimate of drug-likeness (QED) is 0.529. The van der Waals surface area contributed by atoms with Gasteiger partial charge in [-0.1, -0.05) is 54.6 Å². The van der Waals surface area contributed by atoms with Crippen LogP contribution in [0, 0.1) is 5.92 Å². The van der Waals surface area contributed by atoms with Crippen molar-refractivity contribution in [3.63, 3.8) is 0 Å². The molecule has 0 spiro atoms. The van der Waals surface area contributed by atoms with Crippen molar-refractivity contribution in [3.05, 3.63) is 90.0 Å². The van der Waals surface area contributed by atoms with Gasteiger partial charge in [0.2, 0.25) is 0 Å². The van der Waals surface area contributed by atoms with Gasteiger partial charge in [0.1, 0.15) is 11.9 Å². The molecule has 0 saturated heterocycles. The zero-order chi connectivity index (χ0) is 20.7. The molecule has 1 aliphatic rings. The predicted octanol–water partition coefficient (Wildman–Crippen LogP) is 6.11. The SMILES string of the molecule is CN(CCC(Oc1ccc(C(F)(F)F)cc1)C1C=CC=CC1)Cc1ccccc1. The number of nitrogens with zero attached hydrogens (tertiary/aromatic N) is 1. The topological polar surface area (TPSA) is 12.5 Å². The molecule has 2 aromatic carbocycles. The summed E-state index contributed by atoms with van der Waals surface area (Å²) in [6.45, 7) is 1.67. The van der Waals surface area contributed by atoms with Crippen molar-refractivity contribution >= 4 is 0 Å². The first-order valence-electron chi connectivity index (χ1n) is 9.81. The van der Waals surface area contributed by atoms with Gasteiger partial charge in [-0.05, 0) is 49.7 Å². The molecule has 5 heteroatoms. The lowest BCUT2D eigenvalue weighted by atomic mass is 9.92. The van der Waals surface area contributed by atoms with Crippen molar-refractivity contribution in [1.29, 1.82) is 0 Å². The van der Waals surface area contributed by atoms with Crippen LogP contribution in [0.1, 0.15) is 24.0 Å². The summed E-state index contributed by atoms with van der Waals surface area (Å²) >= 11 is 0. The summed E-state index contributed by atoms with van der Waals surface area (Å²) in [6.07, 6.45) is 5.43. The van der Waals surface area contributed by atoms with Crippen molar-refractivity contribution in [2.75, 3.05) is 13.6 Å². The number of rotatable bonds is 8. The third-order valence-electron chi connectivity index (χ3n) is 5.05. The molecule has 0 radical (unpaired) electrons. The summed E-state index contributed by atoms with van der Waals surface area (Å²) in [5.41, 5.74) is 0.584. The second-order valence-corrected chi connectivity index (χ2v) is 7.40. The van der Waals surface area contributed by atoms with Crippen LogP contribution < -0.4 is 4.74 Å². The number of benzene rings is 2. The predicted molar refractivity (Wildman–Crippen MR) is 110 cm³/mol. The molecule has 1 aliphatic carbocycles. The van der Waals surface area contributed by atoms with E-state index in [0.717, 1.165) is 38.1 Å². The molecule has 3 rings (SSSR count). The van der Waals surface area contributed by atoms with Crippen molar-refractivity contribution in [1.82, 2.24) is 4.90 Å². The summed E-state index contributed by atoms with van der Waals surface area (Å²) in [7, 11) is 2.07. The minimum absolute atomic E-state index is 0.105. The fourth-order valence-corrected chi connectivity index (χ4v) is 3.45. The number of allylic oxidation sites excluding steroid dienone is 3. The Labute approximate surface area is 170 Å². The van der Waals surface area contributed by atoms with Crippen molar-refractivity contribution < 1.29 is 17.9 Å². The molecular formula is C24H26F3NO. The first kappa shape index (κ1) is 21.2. The lowest BCUT2D eigenvalue weighted by Gasteiger charge is -2.28. The molecule has 0 heterocycles. The Balaban J connectivity index is 1.63. The highest BCUT2D eigenvalue weighted by atomic mass is 19.4. The third-order valence-corrected chi connectivity index (χ3v) is 5.05. The van der Waals surface area contributed by atoms with E-state index in [1.54, 1.807) is 0 Å². The Morgan fingerprint density at radius 2 is 1.76 bits per heavy atom. The minimum atomic E-state index is -4.34. The Bertz CT molecular complexity index is 812. The largest absolute Gasteiger partial charge is 0.490 e. The van der Waals surface area contributed by atoms with E-state index < -0.39 is 11.7 Å². The molecule has 2 unspecified atom stereocenters. The maximum Gasteiger partial charge on any atom is 0.416 e. The van der Waals surface area contributed by atoms with Crippen LogP contribution in [0.25, 0.3) is 0 Å². The zero-order valence-electron chi connectivity index (χ0n) is 16.5. The van der Waals surface area contributed by atoms with Crippen LogP contribution in [-0.2, 0) is 12.7 Å². The fraction of sp³-hybridized carbons (Fsp3) is 0.333. The first-order chi connectivity index (χ1) is 13.9. The monoisotopic (exact) mass is 401 g/mol. The van der Waals surface area contributed by atoms with E-state index in [4.69, 9.17) is 4.74 Å².